The van der Waals surface area contributed by atoms with Crippen LogP contribution in [0.3, 0.4) is 0 Å². The Hall–Kier alpha value is -1.39. The average molecular weight is 262 g/mol. The van der Waals surface area contributed by atoms with Gasteiger partial charge in [-0.15, -0.1) is 0 Å². The van der Waals surface area contributed by atoms with E-state index >= 15 is 0 Å². The van der Waals surface area contributed by atoms with Gasteiger partial charge in [-0.1, -0.05) is 30.3 Å². The van der Waals surface area contributed by atoms with Crippen molar-refractivity contribution in [2.45, 2.75) is 24.4 Å². The molecule has 0 aromatic heterocycles. The molecule has 1 aromatic carbocycles. The first-order chi connectivity index (χ1) is 9.08. The van der Waals surface area contributed by atoms with Gasteiger partial charge in [-0.2, -0.15) is 0 Å². The van der Waals surface area contributed by atoms with E-state index in [2.05, 4.69) is 5.32 Å². The van der Waals surface area contributed by atoms with Gasteiger partial charge in [-0.3, -0.25) is 5.32 Å². The van der Waals surface area contributed by atoms with Gasteiger partial charge in [0.15, 0.2) is 5.54 Å². The molecule has 1 saturated carbocycles. The lowest BCUT2D eigenvalue weighted by atomic mass is 9.89. The van der Waals surface area contributed by atoms with Crippen LogP contribution < -0.4 is 5.32 Å². The number of benzene rings is 1. The predicted molar refractivity (Wildman–Crippen MR) is 74.8 cm³/mol. The summed E-state index contributed by atoms with van der Waals surface area (Å²) in [6.45, 7) is 0.584. The van der Waals surface area contributed by atoms with Gasteiger partial charge < -0.3 is 9.64 Å². The summed E-state index contributed by atoms with van der Waals surface area (Å²) >= 11 is 0. The maximum atomic E-state index is 12.4. The quantitative estimate of drug-likeness (QED) is 0.786. The lowest BCUT2D eigenvalue weighted by Crippen LogP contribution is -2.56. The summed E-state index contributed by atoms with van der Waals surface area (Å²) in [6.07, 6.45) is 2.25. The number of carbonyl (C=O) groups is 1. The first-order valence-electron chi connectivity index (χ1n) is 6.65. The predicted octanol–water partition coefficient (Wildman–Crippen LogP) is 1.37. The lowest BCUT2D eigenvalue weighted by Gasteiger charge is -2.35. The zero-order chi connectivity index (χ0) is 13.9. The Balaban J connectivity index is 2.40. The highest BCUT2D eigenvalue weighted by molar-refractivity contribution is 5.83. The van der Waals surface area contributed by atoms with Gasteiger partial charge in [0.25, 0.3) is 0 Å². The van der Waals surface area contributed by atoms with Gasteiger partial charge in [0, 0.05) is 12.6 Å². The SMILES string of the molecule is COC(=O)C(CN(C)C)(NC1CC1)c1ccccc1. The van der Waals surface area contributed by atoms with Crippen LogP contribution in [-0.4, -0.2) is 44.7 Å². The van der Waals surface area contributed by atoms with Gasteiger partial charge in [-0.05, 0) is 32.5 Å². The number of esters is 1. The van der Waals surface area contributed by atoms with Crippen LogP contribution in [0, 0.1) is 0 Å². The summed E-state index contributed by atoms with van der Waals surface area (Å²) in [5, 5.41) is 3.49. The molecule has 104 valence electrons. The minimum absolute atomic E-state index is 0.223. The van der Waals surface area contributed by atoms with Crippen molar-refractivity contribution in [3.05, 3.63) is 35.9 Å². The molecule has 0 saturated heterocycles. The van der Waals surface area contributed by atoms with Gasteiger partial charge in [0.05, 0.1) is 7.11 Å². The number of ether oxygens (including phenoxy) is 1. The van der Waals surface area contributed by atoms with Crippen LogP contribution in [0.15, 0.2) is 30.3 Å². The van der Waals surface area contributed by atoms with Gasteiger partial charge in [-0.25, -0.2) is 4.79 Å². The van der Waals surface area contributed by atoms with Crippen molar-refractivity contribution < 1.29 is 9.53 Å². The van der Waals surface area contributed by atoms with Crippen molar-refractivity contribution in [3.63, 3.8) is 0 Å². The number of nitrogens with zero attached hydrogens (tertiary/aromatic N) is 1. The third kappa shape index (κ3) is 3.14. The highest BCUT2D eigenvalue weighted by Gasteiger charge is 2.45. The van der Waals surface area contributed by atoms with Crippen LogP contribution in [0.5, 0.6) is 0 Å². The number of carbonyl (C=O) groups excluding carboxylic acids is 1. The molecule has 0 spiro atoms. The fourth-order valence-corrected chi connectivity index (χ4v) is 2.41. The number of hydrogen-bond donors (Lipinski definition) is 1. The van der Waals surface area contributed by atoms with Crippen LogP contribution in [0.1, 0.15) is 18.4 Å². The van der Waals surface area contributed by atoms with Crippen molar-refractivity contribution in [2.75, 3.05) is 27.7 Å². The van der Waals surface area contributed by atoms with E-state index < -0.39 is 5.54 Å². The molecular weight excluding hydrogens is 240 g/mol. The van der Waals surface area contributed by atoms with Crippen LogP contribution in [0.4, 0.5) is 0 Å². The molecule has 0 radical (unpaired) electrons. The molecule has 1 aliphatic carbocycles. The molecule has 1 unspecified atom stereocenters. The largest absolute Gasteiger partial charge is 0.467 e. The Labute approximate surface area is 114 Å². The van der Waals surface area contributed by atoms with E-state index in [0.717, 1.165) is 18.4 Å². The second-order valence-corrected chi connectivity index (χ2v) is 5.42. The molecule has 1 atom stereocenters. The summed E-state index contributed by atoms with van der Waals surface area (Å²) < 4.78 is 5.07. The molecule has 0 heterocycles. The highest BCUT2D eigenvalue weighted by Crippen LogP contribution is 2.30. The van der Waals surface area contributed by atoms with E-state index in [1.807, 2.05) is 49.3 Å². The molecule has 0 bridgehead atoms. The van der Waals surface area contributed by atoms with Crippen LogP contribution in [0.2, 0.25) is 0 Å². The Kier molecular flexibility index (Phi) is 4.22. The molecule has 1 aliphatic rings. The molecule has 0 aliphatic heterocycles. The van der Waals surface area contributed by atoms with Gasteiger partial charge in [0.1, 0.15) is 0 Å². The molecule has 2 rings (SSSR count). The van der Waals surface area contributed by atoms with Crippen LogP contribution in [-0.2, 0) is 15.1 Å². The van der Waals surface area contributed by atoms with Gasteiger partial charge in [0.2, 0.25) is 0 Å². The maximum absolute atomic E-state index is 12.4. The number of likely N-dealkylation sites (N-methyl/N-ethyl adjacent to an activating group) is 1. The van der Waals surface area contributed by atoms with Crippen molar-refractivity contribution in [2.24, 2.45) is 0 Å². The topological polar surface area (TPSA) is 41.6 Å². The molecule has 4 nitrogen and oxygen atoms in total. The zero-order valence-corrected chi connectivity index (χ0v) is 11.8. The molecule has 1 N–H and O–H groups in total. The van der Waals surface area contributed by atoms with E-state index in [9.17, 15) is 4.79 Å². The van der Waals surface area contributed by atoms with Crippen molar-refractivity contribution in [3.8, 4) is 0 Å². The van der Waals surface area contributed by atoms with Crippen molar-refractivity contribution >= 4 is 5.97 Å². The number of hydrogen-bond acceptors (Lipinski definition) is 4. The summed E-state index contributed by atoms with van der Waals surface area (Å²) in [5.41, 5.74) is 0.183. The summed E-state index contributed by atoms with van der Waals surface area (Å²) in [4.78, 5) is 14.4. The molecule has 0 amide bonds. The number of methoxy groups -OCH3 is 1. The monoisotopic (exact) mass is 262 g/mol. The lowest BCUT2D eigenvalue weighted by molar-refractivity contribution is -0.150. The Morgan fingerprint density at radius 2 is 2.00 bits per heavy atom. The van der Waals surface area contributed by atoms with Gasteiger partial charge >= 0.3 is 5.97 Å². The van der Waals surface area contributed by atoms with E-state index in [4.69, 9.17) is 4.74 Å². The minimum Gasteiger partial charge on any atom is -0.467 e. The van der Waals surface area contributed by atoms with E-state index in [1.54, 1.807) is 0 Å². The first kappa shape index (κ1) is 14.0. The molecular formula is C15H22N2O2. The van der Waals surface area contributed by atoms with Crippen LogP contribution in [0.25, 0.3) is 0 Å². The fourth-order valence-electron chi connectivity index (χ4n) is 2.41. The van der Waals surface area contributed by atoms with E-state index in [-0.39, 0.29) is 5.97 Å². The fraction of sp³-hybridized carbons (Fsp3) is 0.533. The maximum Gasteiger partial charge on any atom is 0.332 e. The smallest absolute Gasteiger partial charge is 0.332 e. The van der Waals surface area contributed by atoms with Crippen molar-refractivity contribution in [1.82, 2.24) is 10.2 Å². The summed E-state index contributed by atoms with van der Waals surface area (Å²) in [5.74, 6) is -0.223. The molecule has 4 heteroatoms. The zero-order valence-electron chi connectivity index (χ0n) is 11.8. The minimum atomic E-state index is -0.777. The summed E-state index contributed by atoms with van der Waals surface area (Å²) in [6, 6.07) is 10.2. The molecule has 1 fully saturated rings. The average Bonchev–Trinajstić information content (AvgIpc) is 3.21. The van der Waals surface area contributed by atoms with E-state index in [1.165, 1.54) is 7.11 Å². The first-order valence-corrected chi connectivity index (χ1v) is 6.65. The second kappa shape index (κ2) is 5.72. The third-order valence-corrected chi connectivity index (χ3v) is 3.38. The summed E-state index contributed by atoms with van der Waals surface area (Å²) in [7, 11) is 5.38. The standard InChI is InChI=1S/C15H22N2O2/c1-17(2)11-15(14(18)19-3,16-13-9-10-13)12-7-5-4-6-8-12/h4-8,13,16H,9-11H2,1-3H3. The Bertz CT molecular complexity index is 423. The third-order valence-electron chi connectivity index (χ3n) is 3.38. The van der Waals surface area contributed by atoms with Crippen LogP contribution >= 0.6 is 0 Å². The molecule has 19 heavy (non-hydrogen) atoms. The number of rotatable bonds is 6. The Morgan fingerprint density at radius 3 is 2.47 bits per heavy atom. The molecule has 1 aromatic rings. The normalized spacial score (nSPS) is 18.1. The number of nitrogens with one attached hydrogen (secondary N) is 1. The van der Waals surface area contributed by atoms with E-state index in [0.29, 0.717) is 12.6 Å². The Morgan fingerprint density at radius 1 is 1.37 bits per heavy atom. The second-order valence-electron chi connectivity index (χ2n) is 5.42. The van der Waals surface area contributed by atoms with Crippen molar-refractivity contribution in [1.29, 1.82) is 0 Å². The highest BCUT2D eigenvalue weighted by atomic mass is 16.5.